The van der Waals surface area contributed by atoms with Crippen LogP contribution in [0.1, 0.15) is 0 Å². The molecule has 0 N–H and O–H groups in total. The minimum Gasteiger partial charge on any atom is -0.452 e. The SMILES string of the molecule is O=P(c1ccccc1)(c1ccccc1)c1cc2c(ccc3ccccc32)o1. The Bertz CT molecular complexity index is 1240. The molecule has 27 heavy (non-hydrogen) atoms. The molecule has 2 nitrogen and oxygen atoms in total. The Morgan fingerprint density at radius 1 is 0.593 bits per heavy atom. The van der Waals surface area contributed by atoms with E-state index in [1.165, 1.54) is 0 Å². The molecule has 0 unspecified atom stereocenters. The third-order valence-corrected chi connectivity index (χ3v) is 7.85. The summed E-state index contributed by atoms with van der Waals surface area (Å²) >= 11 is 0. The van der Waals surface area contributed by atoms with Crippen LogP contribution >= 0.6 is 7.14 Å². The summed E-state index contributed by atoms with van der Waals surface area (Å²) in [6, 6.07) is 33.4. The maximum absolute atomic E-state index is 14.4. The first-order chi connectivity index (χ1) is 13.3. The zero-order chi connectivity index (χ0) is 18.3. The van der Waals surface area contributed by atoms with Crippen LogP contribution in [0.4, 0.5) is 0 Å². The molecule has 0 atom stereocenters. The molecule has 5 rings (SSSR count). The predicted molar refractivity (Wildman–Crippen MR) is 113 cm³/mol. The summed E-state index contributed by atoms with van der Waals surface area (Å²) in [6.45, 7) is 0. The first-order valence-corrected chi connectivity index (χ1v) is 10.6. The predicted octanol–water partition coefficient (Wildman–Crippen LogP) is 5.23. The lowest BCUT2D eigenvalue weighted by molar-refractivity contribution is 0.580. The Morgan fingerprint density at radius 3 is 1.85 bits per heavy atom. The average molecular weight is 368 g/mol. The third-order valence-electron chi connectivity index (χ3n) is 4.96. The van der Waals surface area contributed by atoms with Gasteiger partial charge in [0.05, 0.1) is 0 Å². The molecular formula is C24H17O2P. The standard InChI is InChI=1S/C24H17O2P/c25-27(19-10-3-1-4-11-19,20-12-5-2-6-13-20)24-17-22-21-14-8-7-9-18(21)15-16-23(22)26-24/h1-17H. The quantitative estimate of drug-likeness (QED) is 0.409. The van der Waals surface area contributed by atoms with Crippen molar-refractivity contribution in [3.8, 4) is 0 Å². The van der Waals surface area contributed by atoms with E-state index < -0.39 is 7.14 Å². The van der Waals surface area contributed by atoms with Crippen LogP contribution in [0.5, 0.6) is 0 Å². The van der Waals surface area contributed by atoms with Gasteiger partial charge in [0.15, 0.2) is 5.50 Å². The fourth-order valence-corrected chi connectivity index (χ4v) is 6.14. The summed E-state index contributed by atoms with van der Waals surface area (Å²) in [5.41, 5.74) is 1.28. The van der Waals surface area contributed by atoms with Crippen LogP contribution < -0.4 is 16.1 Å². The summed E-state index contributed by atoms with van der Waals surface area (Å²) in [4.78, 5) is 0. The monoisotopic (exact) mass is 368 g/mol. The number of hydrogen-bond donors (Lipinski definition) is 0. The van der Waals surface area contributed by atoms with E-state index in [2.05, 4.69) is 12.1 Å². The van der Waals surface area contributed by atoms with E-state index >= 15 is 0 Å². The molecule has 1 heterocycles. The number of rotatable bonds is 3. The van der Waals surface area contributed by atoms with E-state index in [0.717, 1.165) is 32.4 Å². The molecule has 0 amide bonds. The van der Waals surface area contributed by atoms with Crippen LogP contribution in [0, 0.1) is 0 Å². The minimum atomic E-state index is -3.09. The summed E-state index contributed by atoms with van der Waals surface area (Å²) in [7, 11) is -3.09. The van der Waals surface area contributed by atoms with Crippen molar-refractivity contribution in [3.63, 3.8) is 0 Å². The molecule has 3 heteroatoms. The minimum absolute atomic E-state index is 0.520. The van der Waals surface area contributed by atoms with Crippen molar-refractivity contribution in [2.45, 2.75) is 0 Å². The van der Waals surface area contributed by atoms with E-state index in [1.54, 1.807) is 0 Å². The number of benzene rings is 4. The highest BCUT2D eigenvalue weighted by Gasteiger charge is 2.33. The van der Waals surface area contributed by atoms with Gasteiger partial charge >= 0.3 is 0 Å². The number of furan rings is 1. The highest BCUT2D eigenvalue weighted by molar-refractivity contribution is 7.85. The fraction of sp³-hybridized carbons (Fsp3) is 0. The van der Waals surface area contributed by atoms with Crippen molar-refractivity contribution in [2.24, 2.45) is 0 Å². The van der Waals surface area contributed by atoms with Gasteiger partial charge < -0.3 is 8.98 Å². The first-order valence-electron chi connectivity index (χ1n) is 8.90. The smallest absolute Gasteiger partial charge is 0.204 e. The molecule has 0 aliphatic rings. The van der Waals surface area contributed by atoms with Gasteiger partial charge in [0.1, 0.15) is 5.58 Å². The number of fused-ring (bicyclic) bond motifs is 3. The zero-order valence-corrected chi connectivity index (χ0v) is 15.5. The molecule has 0 aliphatic carbocycles. The lowest BCUT2D eigenvalue weighted by Gasteiger charge is -2.16. The van der Waals surface area contributed by atoms with Gasteiger partial charge in [0.2, 0.25) is 7.14 Å². The maximum atomic E-state index is 14.4. The fourth-order valence-electron chi connectivity index (χ4n) is 3.61. The Kier molecular flexibility index (Phi) is 3.74. The molecule has 0 fully saturated rings. The van der Waals surface area contributed by atoms with Crippen LogP contribution in [0.15, 0.2) is 108 Å². The van der Waals surface area contributed by atoms with Crippen LogP contribution in [0.2, 0.25) is 0 Å². The molecule has 0 saturated carbocycles. The second kappa shape index (κ2) is 6.26. The van der Waals surface area contributed by atoms with E-state index in [-0.39, 0.29) is 0 Å². The summed E-state index contributed by atoms with van der Waals surface area (Å²) in [6.07, 6.45) is 0. The highest BCUT2D eigenvalue weighted by Crippen LogP contribution is 2.44. The molecule has 5 aromatic rings. The van der Waals surface area contributed by atoms with E-state index in [9.17, 15) is 4.57 Å². The summed E-state index contributed by atoms with van der Waals surface area (Å²) in [5, 5.41) is 4.80. The topological polar surface area (TPSA) is 30.2 Å². The van der Waals surface area contributed by atoms with Crippen LogP contribution in [0.25, 0.3) is 21.7 Å². The largest absolute Gasteiger partial charge is 0.452 e. The van der Waals surface area contributed by atoms with Gasteiger partial charge in [-0.05, 0) is 22.9 Å². The van der Waals surface area contributed by atoms with E-state index in [4.69, 9.17) is 4.42 Å². The average Bonchev–Trinajstić information content (AvgIpc) is 3.20. The molecule has 4 aromatic carbocycles. The van der Waals surface area contributed by atoms with Crippen LogP contribution in [0.3, 0.4) is 0 Å². The van der Waals surface area contributed by atoms with Crippen LogP contribution in [-0.4, -0.2) is 0 Å². The Labute approximate surface area is 157 Å². The molecular weight excluding hydrogens is 351 g/mol. The van der Waals surface area contributed by atoms with Gasteiger partial charge in [0.25, 0.3) is 0 Å². The second-order valence-electron chi connectivity index (χ2n) is 6.56. The van der Waals surface area contributed by atoms with Crippen molar-refractivity contribution in [3.05, 3.63) is 103 Å². The van der Waals surface area contributed by atoms with Gasteiger partial charge in [-0.2, -0.15) is 0 Å². The van der Waals surface area contributed by atoms with Gasteiger partial charge in [0, 0.05) is 16.0 Å². The first kappa shape index (κ1) is 16.1. The zero-order valence-electron chi connectivity index (χ0n) is 14.6. The normalized spacial score (nSPS) is 11.9. The lowest BCUT2D eigenvalue weighted by Crippen LogP contribution is -2.23. The Morgan fingerprint density at radius 2 is 1.19 bits per heavy atom. The molecule has 0 spiro atoms. The molecule has 130 valence electrons. The second-order valence-corrected chi connectivity index (χ2v) is 9.26. The lowest BCUT2D eigenvalue weighted by atomic mass is 10.1. The van der Waals surface area contributed by atoms with Gasteiger partial charge in [-0.1, -0.05) is 91.0 Å². The van der Waals surface area contributed by atoms with Gasteiger partial charge in [-0.3, -0.25) is 0 Å². The third kappa shape index (κ3) is 2.53. The van der Waals surface area contributed by atoms with E-state index in [1.807, 2.05) is 91.0 Å². The van der Waals surface area contributed by atoms with Crippen molar-refractivity contribution < 1.29 is 8.98 Å². The molecule has 1 aromatic heterocycles. The van der Waals surface area contributed by atoms with Crippen molar-refractivity contribution in [1.82, 2.24) is 0 Å². The molecule has 0 aliphatic heterocycles. The van der Waals surface area contributed by atoms with Crippen molar-refractivity contribution in [2.75, 3.05) is 0 Å². The summed E-state index contributed by atoms with van der Waals surface area (Å²) in [5.74, 6) is 0. The Hall–Kier alpha value is -3.09. The van der Waals surface area contributed by atoms with E-state index in [0.29, 0.717) is 5.50 Å². The summed E-state index contributed by atoms with van der Waals surface area (Å²) < 4.78 is 20.6. The molecule has 0 radical (unpaired) electrons. The van der Waals surface area contributed by atoms with Crippen molar-refractivity contribution in [1.29, 1.82) is 0 Å². The van der Waals surface area contributed by atoms with Gasteiger partial charge in [-0.15, -0.1) is 0 Å². The van der Waals surface area contributed by atoms with Crippen molar-refractivity contribution >= 4 is 45.0 Å². The number of hydrogen-bond acceptors (Lipinski definition) is 2. The Balaban J connectivity index is 1.83. The molecule has 0 saturated heterocycles. The molecule has 0 bridgehead atoms. The maximum Gasteiger partial charge on any atom is 0.204 e. The van der Waals surface area contributed by atoms with Gasteiger partial charge in [-0.25, -0.2) is 0 Å². The highest BCUT2D eigenvalue weighted by atomic mass is 31.2. The van der Waals surface area contributed by atoms with Crippen LogP contribution in [-0.2, 0) is 4.57 Å².